The van der Waals surface area contributed by atoms with E-state index >= 15 is 0 Å². The van der Waals surface area contributed by atoms with E-state index in [9.17, 15) is 30.3 Å². The number of nitrogens with zero attached hydrogens (tertiary/aromatic N) is 4. The van der Waals surface area contributed by atoms with Gasteiger partial charge in [0.05, 0.1) is 0 Å². The molecule has 0 aromatic heterocycles. The van der Waals surface area contributed by atoms with Crippen molar-refractivity contribution in [1.82, 2.24) is 5.01 Å². The Bertz CT molecular complexity index is 274. The Kier molecular flexibility index (Phi) is 1.75. The van der Waals surface area contributed by atoms with Crippen LogP contribution < -0.4 is 0 Å². The lowest BCUT2D eigenvalue weighted by Crippen LogP contribution is -2.70. The number of nitro groups is 3. The smallest absolute Gasteiger partial charge is 0.257 e. The van der Waals surface area contributed by atoms with Gasteiger partial charge in [0, 0.05) is 5.01 Å². The van der Waals surface area contributed by atoms with Crippen molar-refractivity contribution in [3.8, 4) is 0 Å². The second-order valence-corrected chi connectivity index (χ2v) is 2.40. The fourth-order valence-electron chi connectivity index (χ4n) is 1.06. The van der Waals surface area contributed by atoms with Gasteiger partial charge < -0.3 is 0 Å². The van der Waals surface area contributed by atoms with Crippen LogP contribution in [-0.2, 0) is 0 Å². The number of hydrogen-bond donors (Lipinski definition) is 0. The lowest BCUT2D eigenvalue weighted by molar-refractivity contribution is -0.921. The van der Waals surface area contributed by atoms with E-state index in [1.807, 2.05) is 0 Å². The third kappa shape index (κ3) is 0.947. The summed E-state index contributed by atoms with van der Waals surface area (Å²) in [5.74, 6) is -2.76. The average Bonchev–Trinajstić information content (AvgIpc) is 1.80. The summed E-state index contributed by atoms with van der Waals surface area (Å²) in [5, 5.41) is 29.6. The molecule has 0 spiro atoms. The third-order valence-corrected chi connectivity index (χ3v) is 1.85. The first-order valence-electron chi connectivity index (χ1n) is 3.14. The fraction of sp³-hybridized carbons (Fsp3) is 1.00. The molecule has 0 aromatic rings. The molecule has 1 fully saturated rings. The van der Waals surface area contributed by atoms with Gasteiger partial charge in [-0.05, 0) is 0 Å². The Morgan fingerprint density at radius 3 is 1.62 bits per heavy atom. The Labute approximate surface area is 70.2 Å². The minimum atomic E-state index is -2.76. The maximum absolute atomic E-state index is 10.3. The van der Waals surface area contributed by atoms with E-state index in [2.05, 4.69) is 0 Å². The number of hydrogen-bond acceptors (Lipinski definition) is 6. The molecule has 1 aliphatic heterocycles. The molecular formula is C3H4N4O6. The van der Waals surface area contributed by atoms with Gasteiger partial charge in [0.2, 0.25) is 0 Å². The maximum atomic E-state index is 10.3. The van der Waals surface area contributed by atoms with Gasteiger partial charge in [0.1, 0.15) is 22.8 Å². The zero-order valence-corrected chi connectivity index (χ0v) is 6.15. The molecule has 0 atom stereocenters. The predicted molar refractivity (Wildman–Crippen MR) is 35.0 cm³/mol. The monoisotopic (exact) mass is 192 g/mol. The first-order valence-corrected chi connectivity index (χ1v) is 3.14. The van der Waals surface area contributed by atoms with Crippen LogP contribution in [0.25, 0.3) is 0 Å². The highest BCUT2D eigenvalue weighted by Crippen LogP contribution is 2.31. The summed E-state index contributed by atoms with van der Waals surface area (Å²) >= 11 is 0. The van der Waals surface area contributed by atoms with Gasteiger partial charge in [-0.3, -0.25) is 20.2 Å². The van der Waals surface area contributed by atoms with Gasteiger partial charge in [0.15, 0.2) is 5.03 Å². The van der Waals surface area contributed by atoms with Crippen LogP contribution in [0.2, 0.25) is 0 Å². The van der Waals surface area contributed by atoms with E-state index in [1.165, 1.54) is 0 Å². The van der Waals surface area contributed by atoms with Crippen LogP contribution in [0.5, 0.6) is 0 Å². The molecule has 0 aliphatic carbocycles. The molecule has 0 radical (unpaired) electrons. The quantitative estimate of drug-likeness (QED) is 0.321. The lowest BCUT2D eigenvalue weighted by atomic mass is 10.1. The highest BCUT2D eigenvalue weighted by molar-refractivity contribution is 4.75. The molecule has 0 amide bonds. The first-order chi connectivity index (χ1) is 5.93. The second-order valence-electron chi connectivity index (χ2n) is 2.40. The summed E-state index contributed by atoms with van der Waals surface area (Å²) < 4.78 is 0. The molecular weight excluding hydrogens is 188 g/mol. The van der Waals surface area contributed by atoms with Crippen LogP contribution in [0, 0.1) is 30.3 Å². The number of hydrazine groups is 1. The lowest BCUT2D eigenvalue weighted by Gasteiger charge is -2.29. The average molecular weight is 192 g/mol. The molecule has 1 heterocycles. The standard InChI is InChI=1S/C3H4N4O6/c8-5(9)3(6(10)11)1-2-4(3)7(12)13/h1-2H2. The Hall–Kier alpha value is -2.00. The van der Waals surface area contributed by atoms with Crippen LogP contribution in [-0.4, -0.2) is 32.2 Å². The summed E-state index contributed by atoms with van der Waals surface area (Å²) in [5.41, 5.74) is 0. The van der Waals surface area contributed by atoms with Gasteiger partial charge in [-0.15, -0.1) is 0 Å². The zero-order chi connectivity index (χ0) is 10.2. The van der Waals surface area contributed by atoms with E-state index in [4.69, 9.17) is 0 Å². The van der Waals surface area contributed by atoms with Gasteiger partial charge in [-0.25, -0.2) is 10.1 Å². The fourth-order valence-corrected chi connectivity index (χ4v) is 1.06. The minimum Gasteiger partial charge on any atom is -0.257 e. The molecule has 10 heteroatoms. The van der Waals surface area contributed by atoms with Gasteiger partial charge >= 0.3 is 5.79 Å². The van der Waals surface area contributed by atoms with Crippen molar-refractivity contribution in [3.05, 3.63) is 30.3 Å². The molecule has 1 aliphatic rings. The molecule has 0 aromatic carbocycles. The molecule has 1 saturated heterocycles. The van der Waals surface area contributed by atoms with Crippen molar-refractivity contribution in [2.45, 2.75) is 12.2 Å². The normalized spacial score (nSPS) is 18.9. The summed E-state index contributed by atoms with van der Waals surface area (Å²) in [6, 6.07) is 0. The van der Waals surface area contributed by atoms with Crippen molar-refractivity contribution < 1.29 is 14.9 Å². The highest BCUT2D eigenvalue weighted by Gasteiger charge is 2.75. The van der Waals surface area contributed by atoms with Crippen molar-refractivity contribution >= 4 is 0 Å². The van der Waals surface area contributed by atoms with E-state index < -0.39 is 27.1 Å². The van der Waals surface area contributed by atoms with Crippen LogP contribution in [0.4, 0.5) is 0 Å². The third-order valence-electron chi connectivity index (χ3n) is 1.85. The van der Waals surface area contributed by atoms with Gasteiger partial charge in [0.25, 0.3) is 0 Å². The highest BCUT2D eigenvalue weighted by atomic mass is 16.7. The predicted octanol–water partition coefficient (Wildman–Crippen LogP) is -0.909. The number of rotatable bonds is 3. The molecule has 0 N–H and O–H groups in total. The molecule has 0 saturated carbocycles. The SMILES string of the molecule is O=[N+]([O-])N1CCC1([N+](=O)[O-])[N+](=O)[O-]. The Morgan fingerprint density at radius 1 is 1.08 bits per heavy atom. The summed E-state index contributed by atoms with van der Waals surface area (Å²) in [4.78, 5) is 28.2. The van der Waals surface area contributed by atoms with E-state index in [0.717, 1.165) is 0 Å². The van der Waals surface area contributed by atoms with Crippen LogP contribution in [0.1, 0.15) is 6.42 Å². The summed E-state index contributed by atoms with van der Waals surface area (Å²) in [7, 11) is 0. The van der Waals surface area contributed by atoms with Crippen LogP contribution in [0.3, 0.4) is 0 Å². The second kappa shape index (κ2) is 2.50. The van der Waals surface area contributed by atoms with Crippen LogP contribution in [0.15, 0.2) is 0 Å². The Balaban J connectivity index is 3.01. The van der Waals surface area contributed by atoms with E-state index in [-0.39, 0.29) is 11.6 Å². The molecule has 0 bridgehead atoms. The zero-order valence-electron chi connectivity index (χ0n) is 6.15. The van der Waals surface area contributed by atoms with Crippen molar-refractivity contribution in [2.75, 3.05) is 6.54 Å². The van der Waals surface area contributed by atoms with Gasteiger partial charge in [-0.1, -0.05) is 0 Å². The Morgan fingerprint density at radius 2 is 1.54 bits per heavy atom. The van der Waals surface area contributed by atoms with Crippen LogP contribution >= 0.6 is 0 Å². The summed E-state index contributed by atoms with van der Waals surface area (Å²) in [6.45, 7) is -0.283. The van der Waals surface area contributed by atoms with Crippen molar-refractivity contribution in [3.63, 3.8) is 0 Å². The molecule has 0 unspecified atom stereocenters. The van der Waals surface area contributed by atoms with Crippen molar-refractivity contribution in [2.24, 2.45) is 0 Å². The molecule has 13 heavy (non-hydrogen) atoms. The summed E-state index contributed by atoms with van der Waals surface area (Å²) in [6.07, 6.45) is -0.450. The molecule has 72 valence electrons. The first kappa shape index (κ1) is 9.09. The topological polar surface area (TPSA) is 133 Å². The van der Waals surface area contributed by atoms with Gasteiger partial charge in [-0.2, -0.15) is 0 Å². The van der Waals surface area contributed by atoms with E-state index in [1.54, 1.807) is 0 Å². The molecule has 1 rings (SSSR count). The van der Waals surface area contributed by atoms with E-state index in [0.29, 0.717) is 0 Å². The minimum absolute atomic E-state index is 0.00694. The van der Waals surface area contributed by atoms with Crippen molar-refractivity contribution in [1.29, 1.82) is 0 Å². The molecule has 10 nitrogen and oxygen atoms in total. The largest absolute Gasteiger partial charge is 0.592 e. The maximum Gasteiger partial charge on any atom is 0.592 e.